The van der Waals surface area contributed by atoms with Gasteiger partial charge in [-0.15, -0.1) is 11.8 Å². The van der Waals surface area contributed by atoms with Crippen LogP contribution in [0, 0.1) is 5.82 Å². The van der Waals surface area contributed by atoms with Crippen LogP contribution in [0.5, 0.6) is 0 Å². The van der Waals surface area contributed by atoms with Crippen molar-refractivity contribution in [3.63, 3.8) is 0 Å². The predicted octanol–water partition coefficient (Wildman–Crippen LogP) is 3.63. The molecule has 0 saturated heterocycles. The zero-order valence-corrected chi connectivity index (χ0v) is 16.3. The number of carbonyl (C=O) groups excluding carboxylic acids is 1. The zero-order valence-electron chi connectivity index (χ0n) is 14.7. The lowest BCUT2D eigenvalue weighted by molar-refractivity contribution is -0.115. The number of amides is 1. The third kappa shape index (κ3) is 5.82. The minimum Gasteiger partial charge on any atom is -0.325 e. The van der Waals surface area contributed by atoms with Gasteiger partial charge in [0.25, 0.3) is 0 Å². The highest BCUT2D eigenvalue weighted by Crippen LogP contribution is 2.24. The first-order valence-electron chi connectivity index (χ1n) is 8.03. The Morgan fingerprint density at radius 3 is 2.12 bits per heavy atom. The summed E-state index contributed by atoms with van der Waals surface area (Å²) in [6, 6.07) is 11.7. The Balaban J connectivity index is 1.99. The molecule has 0 spiro atoms. The van der Waals surface area contributed by atoms with Crippen molar-refractivity contribution in [2.75, 3.05) is 5.32 Å². The molecule has 0 radical (unpaired) electrons. The van der Waals surface area contributed by atoms with Gasteiger partial charge in [0.15, 0.2) is 0 Å². The molecule has 0 aliphatic rings. The first-order valence-corrected chi connectivity index (χ1v) is 10.4. The number of thioether (sulfide) groups is 1. The number of anilines is 1. The molecule has 0 aliphatic carbocycles. The Hall–Kier alpha value is -1.90. The van der Waals surface area contributed by atoms with Crippen molar-refractivity contribution in [3.8, 4) is 0 Å². The Kier molecular flexibility index (Phi) is 6.80. The van der Waals surface area contributed by atoms with E-state index in [1.807, 2.05) is 0 Å². The van der Waals surface area contributed by atoms with Gasteiger partial charge in [0.2, 0.25) is 15.9 Å². The summed E-state index contributed by atoms with van der Waals surface area (Å²) in [4.78, 5) is 13.2. The summed E-state index contributed by atoms with van der Waals surface area (Å²) in [7, 11) is -3.56. The van der Waals surface area contributed by atoms with Gasteiger partial charge in [-0.2, -0.15) is 0 Å². The van der Waals surface area contributed by atoms with E-state index < -0.39 is 15.3 Å². The second kappa shape index (κ2) is 8.66. The van der Waals surface area contributed by atoms with Gasteiger partial charge in [0.1, 0.15) is 5.82 Å². The van der Waals surface area contributed by atoms with Crippen molar-refractivity contribution >= 4 is 33.4 Å². The number of nitrogens with one attached hydrogen (secondary N) is 2. The van der Waals surface area contributed by atoms with Gasteiger partial charge >= 0.3 is 0 Å². The van der Waals surface area contributed by atoms with E-state index in [0.717, 1.165) is 4.90 Å². The molecular formula is C18H21FN2O3S2. The summed E-state index contributed by atoms with van der Waals surface area (Å²) in [5.41, 5.74) is 0.505. The molecule has 1 amide bonds. The first-order chi connectivity index (χ1) is 12.2. The van der Waals surface area contributed by atoms with E-state index in [9.17, 15) is 17.6 Å². The highest BCUT2D eigenvalue weighted by molar-refractivity contribution is 8.00. The van der Waals surface area contributed by atoms with Crippen LogP contribution in [0.1, 0.15) is 20.8 Å². The van der Waals surface area contributed by atoms with Crippen LogP contribution in [0.15, 0.2) is 58.3 Å². The van der Waals surface area contributed by atoms with E-state index in [-0.39, 0.29) is 22.7 Å². The Morgan fingerprint density at radius 2 is 1.58 bits per heavy atom. The molecule has 0 unspecified atom stereocenters. The molecule has 2 N–H and O–H groups in total. The molecule has 0 saturated carbocycles. The number of rotatable bonds is 7. The average Bonchev–Trinajstić information content (AvgIpc) is 2.56. The number of sulfonamides is 1. The lowest BCUT2D eigenvalue weighted by Crippen LogP contribution is -2.30. The fourth-order valence-corrected chi connectivity index (χ4v) is 4.23. The van der Waals surface area contributed by atoms with Gasteiger partial charge in [-0.25, -0.2) is 17.5 Å². The van der Waals surface area contributed by atoms with Crippen molar-refractivity contribution in [2.24, 2.45) is 0 Å². The Morgan fingerprint density at radius 1 is 1.00 bits per heavy atom. The molecule has 0 aromatic heterocycles. The van der Waals surface area contributed by atoms with Gasteiger partial charge in [0, 0.05) is 16.6 Å². The summed E-state index contributed by atoms with van der Waals surface area (Å²) >= 11 is 1.31. The maximum absolute atomic E-state index is 12.9. The summed E-state index contributed by atoms with van der Waals surface area (Å²) in [5, 5.41) is 2.35. The Labute approximate surface area is 157 Å². The standard InChI is InChI=1S/C18H21FN2O3S2/c1-12(2)21-26(23,24)17-10-6-15(7-11-17)20-18(22)13(3)25-16-8-4-14(19)5-9-16/h4-13,21H,1-3H3,(H,20,22)/t13-/m1/s1. The molecule has 2 aromatic rings. The highest BCUT2D eigenvalue weighted by atomic mass is 32.2. The SMILES string of the molecule is CC(C)NS(=O)(=O)c1ccc(NC(=O)[C@@H](C)Sc2ccc(F)cc2)cc1. The summed E-state index contributed by atoms with van der Waals surface area (Å²) in [5.74, 6) is -0.552. The summed E-state index contributed by atoms with van der Waals surface area (Å²) < 4.78 is 39.6. The second-order valence-electron chi connectivity index (χ2n) is 6.00. The van der Waals surface area contributed by atoms with Crippen molar-refractivity contribution in [1.29, 1.82) is 0 Å². The van der Waals surface area contributed by atoms with Gasteiger partial charge in [-0.3, -0.25) is 4.79 Å². The first kappa shape index (κ1) is 20.4. The molecule has 26 heavy (non-hydrogen) atoms. The van der Waals surface area contributed by atoms with E-state index in [2.05, 4.69) is 10.0 Å². The van der Waals surface area contributed by atoms with E-state index >= 15 is 0 Å². The van der Waals surface area contributed by atoms with Crippen LogP contribution in [0.4, 0.5) is 10.1 Å². The van der Waals surface area contributed by atoms with Crippen LogP contribution in [0.25, 0.3) is 0 Å². The molecule has 0 fully saturated rings. The third-order valence-corrected chi connectivity index (χ3v) is 6.11. The van der Waals surface area contributed by atoms with E-state index in [1.165, 1.54) is 36.0 Å². The third-order valence-electron chi connectivity index (χ3n) is 3.32. The van der Waals surface area contributed by atoms with Crippen LogP contribution in [0.3, 0.4) is 0 Å². The molecule has 0 heterocycles. The number of hydrogen-bond acceptors (Lipinski definition) is 4. The van der Waals surface area contributed by atoms with Gasteiger partial charge in [0.05, 0.1) is 10.1 Å². The smallest absolute Gasteiger partial charge is 0.240 e. The van der Waals surface area contributed by atoms with E-state index in [0.29, 0.717) is 5.69 Å². The predicted molar refractivity (Wildman–Crippen MR) is 102 cm³/mol. The minimum absolute atomic E-state index is 0.137. The fourth-order valence-electron chi connectivity index (χ4n) is 2.11. The molecule has 5 nitrogen and oxygen atoms in total. The molecule has 0 aliphatic heterocycles. The van der Waals surface area contributed by atoms with Gasteiger partial charge < -0.3 is 5.32 Å². The number of benzene rings is 2. The van der Waals surface area contributed by atoms with E-state index in [4.69, 9.17) is 0 Å². The van der Waals surface area contributed by atoms with Crippen LogP contribution in [-0.4, -0.2) is 25.6 Å². The van der Waals surface area contributed by atoms with Gasteiger partial charge in [-0.1, -0.05) is 0 Å². The normalized spacial score (nSPS) is 12.8. The van der Waals surface area contributed by atoms with Crippen LogP contribution < -0.4 is 10.0 Å². The molecular weight excluding hydrogens is 375 g/mol. The summed E-state index contributed by atoms with van der Waals surface area (Å²) in [6.07, 6.45) is 0. The molecule has 2 aromatic carbocycles. The van der Waals surface area contributed by atoms with Crippen molar-refractivity contribution < 1.29 is 17.6 Å². The van der Waals surface area contributed by atoms with E-state index in [1.54, 1.807) is 45.0 Å². The van der Waals surface area contributed by atoms with Crippen molar-refractivity contribution in [3.05, 3.63) is 54.3 Å². The summed E-state index contributed by atoms with van der Waals surface area (Å²) in [6.45, 7) is 5.23. The maximum atomic E-state index is 12.9. The number of hydrogen-bond donors (Lipinski definition) is 2. The molecule has 1 atom stereocenters. The monoisotopic (exact) mass is 396 g/mol. The van der Waals surface area contributed by atoms with Crippen molar-refractivity contribution in [1.82, 2.24) is 4.72 Å². The second-order valence-corrected chi connectivity index (χ2v) is 9.13. The van der Waals surface area contributed by atoms with Crippen LogP contribution in [-0.2, 0) is 14.8 Å². The molecule has 140 valence electrons. The maximum Gasteiger partial charge on any atom is 0.240 e. The quantitative estimate of drug-likeness (QED) is 0.701. The largest absolute Gasteiger partial charge is 0.325 e. The molecule has 8 heteroatoms. The average molecular weight is 397 g/mol. The van der Waals surface area contributed by atoms with Crippen molar-refractivity contribution in [2.45, 2.75) is 41.9 Å². The highest BCUT2D eigenvalue weighted by Gasteiger charge is 2.17. The molecule has 2 rings (SSSR count). The number of carbonyl (C=O) groups is 1. The number of halogens is 1. The van der Waals surface area contributed by atoms with Crippen LogP contribution >= 0.6 is 11.8 Å². The van der Waals surface area contributed by atoms with Crippen LogP contribution in [0.2, 0.25) is 0 Å². The fraction of sp³-hybridized carbons (Fsp3) is 0.278. The topological polar surface area (TPSA) is 75.3 Å². The van der Waals surface area contributed by atoms with Gasteiger partial charge in [-0.05, 0) is 69.3 Å². The minimum atomic E-state index is -3.56. The molecule has 0 bridgehead atoms. The lowest BCUT2D eigenvalue weighted by atomic mass is 10.3. The Bertz CT molecular complexity index is 851. The lowest BCUT2D eigenvalue weighted by Gasteiger charge is -2.13. The zero-order chi connectivity index (χ0) is 19.3.